The van der Waals surface area contributed by atoms with Gasteiger partial charge in [-0.2, -0.15) is 9.13 Å². The number of hydrogen-bond acceptors (Lipinski definition) is 0. The van der Waals surface area contributed by atoms with Crippen molar-refractivity contribution in [1.82, 2.24) is 0 Å². The lowest BCUT2D eigenvalue weighted by molar-refractivity contribution is -0.798. The molecule has 1 fully saturated rings. The molecule has 0 amide bonds. The van der Waals surface area contributed by atoms with Crippen LogP contribution in [0.4, 0.5) is 4.39 Å². The van der Waals surface area contributed by atoms with E-state index < -0.39 is 5.41 Å². The van der Waals surface area contributed by atoms with Crippen LogP contribution in [0.1, 0.15) is 73.9 Å². The molecule has 2 aliphatic carbocycles. The lowest BCUT2D eigenvalue weighted by atomic mass is 9.65. The van der Waals surface area contributed by atoms with Crippen LogP contribution < -0.4 is 9.13 Å². The molecular weight excluding hydrogens is 503 g/mol. The van der Waals surface area contributed by atoms with Crippen molar-refractivity contribution in [2.24, 2.45) is 0 Å². The van der Waals surface area contributed by atoms with Gasteiger partial charge in [-0.3, -0.25) is 0 Å². The molecule has 5 aromatic rings. The molecule has 41 heavy (non-hydrogen) atoms. The lowest BCUT2D eigenvalue weighted by Gasteiger charge is -2.38. The molecule has 0 radical (unpaired) electrons. The number of rotatable bonds is 2. The SMILES string of the molecule is CCC12c3ccc(F)c4c3-c3c5c(cccc5cc[n+]3C1(CC)C21c2ccc(C)cc2-c2cc(C)cc[n+]21)C4(C)C. The minimum absolute atomic E-state index is 0.0946. The maximum atomic E-state index is 16.2. The van der Waals surface area contributed by atoms with Crippen LogP contribution in [0.2, 0.25) is 0 Å². The van der Waals surface area contributed by atoms with Crippen LogP contribution in [0.15, 0.2) is 79.1 Å². The highest BCUT2D eigenvalue weighted by atomic mass is 19.1. The molecule has 0 saturated heterocycles. The number of nitrogens with zero attached hydrogens (tertiary/aromatic N) is 2. The first-order valence-electron chi connectivity index (χ1n) is 15.2. The highest BCUT2D eigenvalue weighted by molar-refractivity contribution is 6.02. The molecule has 3 atom stereocenters. The smallest absolute Gasteiger partial charge is 0.207 e. The maximum absolute atomic E-state index is 16.2. The van der Waals surface area contributed by atoms with Gasteiger partial charge >= 0.3 is 0 Å². The van der Waals surface area contributed by atoms with Gasteiger partial charge in [0.25, 0.3) is 11.1 Å². The van der Waals surface area contributed by atoms with E-state index in [0.717, 1.165) is 24.0 Å². The minimum Gasteiger partial charge on any atom is -0.207 e. The standard InChI is InChI=1S/C38H35FN2/c1-7-36-28-14-15-29(39)33-32(28)34-31-24(10-9-11-27(31)35(33,5)6)17-19-41(34)37(36,8-2)38(36)26-13-12-22(3)20-25(26)30-21-23(4)16-18-40(30)38/h9-21H,7-8H2,1-6H3/q+2. The van der Waals surface area contributed by atoms with Crippen LogP contribution in [-0.4, -0.2) is 0 Å². The molecule has 0 N–H and O–H groups in total. The molecule has 2 aliphatic heterocycles. The summed E-state index contributed by atoms with van der Waals surface area (Å²) in [6.07, 6.45) is 6.60. The average molecular weight is 539 g/mol. The third-order valence-electron chi connectivity index (χ3n) is 11.8. The van der Waals surface area contributed by atoms with E-state index in [-0.39, 0.29) is 22.3 Å². The Kier molecular flexibility index (Phi) is 4.04. The fraction of sp³-hybridized carbons (Fsp3) is 0.316. The molecule has 9 rings (SSSR count). The zero-order chi connectivity index (χ0) is 28.3. The number of aromatic nitrogens is 2. The summed E-state index contributed by atoms with van der Waals surface area (Å²) >= 11 is 0. The van der Waals surface area contributed by atoms with Gasteiger partial charge < -0.3 is 0 Å². The first-order valence-corrected chi connectivity index (χ1v) is 15.2. The molecule has 4 heterocycles. The van der Waals surface area contributed by atoms with Crippen molar-refractivity contribution >= 4 is 10.8 Å². The summed E-state index contributed by atoms with van der Waals surface area (Å²) in [5.74, 6) is -0.0946. The molecule has 3 heteroatoms. The molecule has 2 nitrogen and oxygen atoms in total. The molecule has 3 unspecified atom stereocenters. The van der Waals surface area contributed by atoms with Crippen molar-refractivity contribution in [3.05, 3.63) is 118 Å². The second-order valence-electron chi connectivity index (χ2n) is 13.5. The van der Waals surface area contributed by atoms with E-state index in [0.29, 0.717) is 0 Å². The van der Waals surface area contributed by atoms with Crippen molar-refractivity contribution in [2.45, 2.75) is 76.3 Å². The van der Waals surface area contributed by atoms with Gasteiger partial charge in [0.2, 0.25) is 11.4 Å². The third-order valence-corrected chi connectivity index (χ3v) is 11.8. The third kappa shape index (κ3) is 2.12. The summed E-state index contributed by atoms with van der Waals surface area (Å²) in [6, 6.07) is 24.5. The van der Waals surface area contributed by atoms with Gasteiger partial charge in [0.15, 0.2) is 12.4 Å². The van der Waals surface area contributed by atoms with E-state index in [9.17, 15) is 0 Å². The van der Waals surface area contributed by atoms with Crippen LogP contribution in [0.3, 0.4) is 0 Å². The number of hydrogen-bond donors (Lipinski definition) is 0. The average Bonchev–Trinajstić information content (AvgIpc) is 3.42. The molecule has 1 saturated carbocycles. The minimum atomic E-state index is -0.447. The zero-order valence-corrected chi connectivity index (χ0v) is 24.7. The highest BCUT2D eigenvalue weighted by Gasteiger charge is 3.03. The predicted octanol–water partition coefficient (Wildman–Crippen LogP) is 7.68. The molecular formula is C38H35FN2+2. The summed E-state index contributed by atoms with van der Waals surface area (Å²) in [7, 11) is 0. The second-order valence-corrected chi connectivity index (χ2v) is 13.5. The van der Waals surface area contributed by atoms with E-state index in [4.69, 9.17) is 0 Å². The second kappa shape index (κ2) is 6.95. The first-order chi connectivity index (χ1) is 19.7. The number of aryl methyl sites for hydroxylation is 2. The van der Waals surface area contributed by atoms with Crippen LogP contribution in [0.25, 0.3) is 33.3 Å². The van der Waals surface area contributed by atoms with Crippen molar-refractivity contribution in [3.63, 3.8) is 0 Å². The van der Waals surface area contributed by atoms with Crippen molar-refractivity contribution in [1.29, 1.82) is 0 Å². The van der Waals surface area contributed by atoms with Gasteiger partial charge in [0.1, 0.15) is 11.2 Å². The molecule has 3 aromatic carbocycles. The number of benzene rings is 3. The predicted molar refractivity (Wildman–Crippen MR) is 161 cm³/mol. The fourth-order valence-corrected chi connectivity index (χ4v) is 10.5. The van der Waals surface area contributed by atoms with E-state index in [2.05, 4.69) is 124 Å². The molecule has 1 spiro atoms. The van der Waals surface area contributed by atoms with Crippen LogP contribution >= 0.6 is 0 Å². The molecule has 2 aromatic heterocycles. The monoisotopic (exact) mass is 538 g/mol. The first kappa shape index (κ1) is 23.8. The van der Waals surface area contributed by atoms with Crippen LogP contribution in [0, 0.1) is 19.7 Å². The number of pyridine rings is 2. The Morgan fingerprint density at radius 1 is 0.756 bits per heavy atom. The Bertz CT molecular complexity index is 2000. The largest absolute Gasteiger partial charge is 0.275 e. The Morgan fingerprint density at radius 3 is 2.29 bits per heavy atom. The summed E-state index contributed by atoms with van der Waals surface area (Å²) in [5.41, 5.74) is 11.1. The highest BCUT2D eigenvalue weighted by Crippen LogP contribution is 2.81. The molecule has 202 valence electrons. The Balaban J connectivity index is 1.56. The van der Waals surface area contributed by atoms with Gasteiger partial charge in [-0.15, -0.1) is 0 Å². The Morgan fingerprint density at radius 2 is 1.51 bits per heavy atom. The maximum Gasteiger partial charge on any atom is 0.275 e. The topological polar surface area (TPSA) is 7.76 Å². The fourth-order valence-electron chi connectivity index (χ4n) is 10.5. The van der Waals surface area contributed by atoms with Crippen LogP contribution in [-0.2, 0) is 21.9 Å². The lowest BCUT2D eigenvalue weighted by Crippen LogP contribution is -2.60. The molecule has 4 aliphatic rings. The summed E-state index contributed by atoms with van der Waals surface area (Å²) in [4.78, 5) is 0. The molecule has 0 bridgehead atoms. The van der Waals surface area contributed by atoms with E-state index in [1.54, 1.807) is 6.07 Å². The van der Waals surface area contributed by atoms with Gasteiger partial charge in [0, 0.05) is 41.2 Å². The van der Waals surface area contributed by atoms with Crippen molar-refractivity contribution in [2.75, 3.05) is 0 Å². The van der Waals surface area contributed by atoms with E-state index in [1.165, 1.54) is 55.5 Å². The van der Waals surface area contributed by atoms with Gasteiger partial charge in [-0.1, -0.05) is 69.7 Å². The van der Waals surface area contributed by atoms with Crippen molar-refractivity contribution in [3.8, 4) is 22.5 Å². The van der Waals surface area contributed by atoms with Gasteiger partial charge in [0.05, 0.1) is 16.5 Å². The zero-order valence-electron chi connectivity index (χ0n) is 24.7. The van der Waals surface area contributed by atoms with Crippen molar-refractivity contribution < 1.29 is 13.5 Å². The number of fused-ring (bicyclic) bond motifs is 10. The van der Waals surface area contributed by atoms with Gasteiger partial charge in [-0.25, -0.2) is 4.39 Å². The normalized spacial score (nSPS) is 26.6. The Labute approximate surface area is 241 Å². The summed E-state index contributed by atoms with van der Waals surface area (Å²) in [6.45, 7) is 13.6. The quantitative estimate of drug-likeness (QED) is 0.204. The van der Waals surface area contributed by atoms with E-state index >= 15 is 4.39 Å². The van der Waals surface area contributed by atoms with E-state index in [1.807, 2.05) is 0 Å². The van der Waals surface area contributed by atoms with Gasteiger partial charge in [-0.05, 0) is 54.5 Å². The number of halogens is 1. The Hall–Kier alpha value is -3.85. The summed E-state index contributed by atoms with van der Waals surface area (Å²) < 4.78 is 21.5. The summed E-state index contributed by atoms with van der Waals surface area (Å²) in [5, 5.41) is 2.52. The van der Waals surface area contributed by atoms with Crippen LogP contribution in [0.5, 0.6) is 0 Å².